The van der Waals surface area contributed by atoms with Crippen molar-refractivity contribution < 1.29 is 14.3 Å². The van der Waals surface area contributed by atoms with Crippen molar-refractivity contribution in [2.75, 3.05) is 7.11 Å². The van der Waals surface area contributed by atoms with Gasteiger partial charge in [0.15, 0.2) is 0 Å². The van der Waals surface area contributed by atoms with Crippen molar-refractivity contribution >= 4 is 23.9 Å². The zero-order chi connectivity index (χ0) is 18.1. The molecule has 0 bridgehead atoms. The largest absolute Gasteiger partial charge is 0.497 e. The van der Waals surface area contributed by atoms with Crippen molar-refractivity contribution in [2.24, 2.45) is 10.7 Å². The average molecular weight is 356 g/mol. The van der Waals surface area contributed by atoms with Gasteiger partial charge < -0.3 is 15.2 Å². The maximum atomic E-state index is 10.2. The Hall–Kier alpha value is -2.53. The van der Waals surface area contributed by atoms with E-state index in [0.717, 1.165) is 29.7 Å². The molecule has 0 spiro atoms. The summed E-state index contributed by atoms with van der Waals surface area (Å²) in [7, 11) is 1.64. The first-order valence-corrected chi connectivity index (χ1v) is 8.24. The molecule has 1 saturated carbocycles. The molecule has 130 valence electrons. The van der Waals surface area contributed by atoms with Gasteiger partial charge in [0.2, 0.25) is 0 Å². The van der Waals surface area contributed by atoms with Crippen molar-refractivity contribution in [1.82, 2.24) is 0 Å². The number of methoxy groups -OCH3 is 1. The summed E-state index contributed by atoms with van der Waals surface area (Å²) < 4.78 is 9.83. The van der Waals surface area contributed by atoms with E-state index in [0.29, 0.717) is 24.3 Å². The van der Waals surface area contributed by atoms with Crippen molar-refractivity contribution in [3.63, 3.8) is 0 Å². The van der Waals surface area contributed by atoms with Crippen LogP contribution in [-0.4, -0.2) is 30.8 Å². The molecule has 0 aromatic heterocycles. The number of ether oxygens (including phenoxy) is 2. The van der Waals surface area contributed by atoms with Crippen LogP contribution in [0.4, 0.5) is 0 Å². The molecule has 3 rings (SSSR count). The van der Waals surface area contributed by atoms with E-state index in [9.17, 15) is 4.79 Å². The lowest BCUT2D eigenvalue weighted by Gasteiger charge is -2.27. The van der Waals surface area contributed by atoms with Crippen molar-refractivity contribution in [3.8, 4) is 22.6 Å². The Morgan fingerprint density at radius 2 is 1.60 bits per heavy atom. The third-order valence-corrected chi connectivity index (χ3v) is 3.95. The monoisotopic (exact) mass is 356 g/mol. The third kappa shape index (κ3) is 5.80. The molecule has 0 unspecified atom stereocenters. The Kier molecular flexibility index (Phi) is 7.29. The van der Waals surface area contributed by atoms with E-state index in [1.165, 1.54) is 0 Å². The highest BCUT2D eigenvalue weighted by molar-refractivity contribution is 7.78. The predicted molar refractivity (Wildman–Crippen MR) is 101 cm³/mol. The highest BCUT2D eigenvalue weighted by atomic mass is 32.1. The van der Waals surface area contributed by atoms with Crippen molar-refractivity contribution in [3.05, 3.63) is 48.5 Å². The lowest BCUT2D eigenvalue weighted by Crippen LogP contribution is -2.38. The summed E-state index contributed by atoms with van der Waals surface area (Å²) in [6, 6.07) is 15.9. The molecule has 6 heteroatoms. The van der Waals surface area contributed by atoms with Gasteiger partial charge >= 0.3 is 0 Å². The van der Waals surface area contributed by atoms with Crippen LogP contribution in [0.25, 0.3) is 11.1 Å². The number of nitrogens with zero attached hydrogens (tertiary/aromatic N) is 1. The fraction of sp³-hybridized carbons (Fsp3) is 0.263. The Morgan fingerprint density at radius 3 is 2.00 bits per heavy atom. The summed E-state index contributed by atoms with van der Waals surface area (Å²) in [4.78, 5) is 14.0. The molecule has 0 aliphatic heterocycles. The Balaban J connectivity index is 0.000000236. The minimum Gasteiger partial charge on any atom is -0.497 e. The van der Waals surface area contributed by atoms with Crippen molar-refractivity contribution in [1.29, 1.82) is 0 Å². The molecule has 2 aromatic rings. The van der Waals surface area contributed by atoms with Gasteiger partial charge in [0, 0.05) is 6.04 Å². The number of aliphatic imine (C=N–C) groups is 1. The Morgan fingerprint density at radius 1 is 1.08 bits per heavy atom. The minimum atomic E-state index is 0.368. The zero-order valence-electron chi connectivity index (χ0n) is 13.9. The van der Waals surface area contributed by atoms with Gasteiger partial charge in [0.25, 0.3) is 6.47 Å². The lowest BCUT2D eigenvalue weighted by atomic mass is 9.88. The number of isothiocyanates is 1. The van der Waals surface area contributed by atoms with Crippen LogP contribution in [-0.2, 0) is 4.79 Å². The van der Waals surface area contributed by atoms with Gasteiger partial charge in [-0.25, -0.2) is 4.99 Å². The summed E-state index contributed by atoms with van der Waals surface area (Å²) >= 11 is 4.41. The number of carbonyl (C=O) groups is 1. The molecule has 0 amide bonds. The van der Waals surface area contributed by atoms with Crippen molar-refractivity contribution in [2.45, 2.75) is 24.9 Å². The summed E-state index contributed by atoms with van der Waals surface area (Å²) in [5, 5.41) is 2.34. The molecule has 1 fully saturated rings. The van der Waals surface area contributed by atoms with Gasteiger partial charge in [-0.15, -0.1) is 0 Å². The van der Waals surface area contributed by atoms with E-state index in [1.54, 1.807) is 19.2 Å². The van der Waals surface area contributed by atoms with E-state index in [4.69, 9.17) is 15.2 Å². The van der Waals surface area contributed by atoms with Crippen LogP contribution in [0.15, 0.2) is 53.5 Å². The van der Waals surface area contributed by atoms with Crippen LogP contribution in [0, 0.1) is 0 Å². The number of nitrogens with two attached hydrogens (primary N) is 1. The van der Waals surface area contributed by atoms with Gasteiger partial charge in [-0.2, -0.15) is 0 Å². The molecule has 0 radical (unpaired) electrons. The van der Waals surface area contributed by atoms with E-state index < -0.39 is 0 Å². The molecular weight excluding hydrogens is 336 g/mol. The van der Waals surface area contributed by atoms with Gasteiger partial charge in [0.1, 0.15) is 11.5 Å². The maximum Gasteiger partial charge on any atom is 0.298 e. The Labute approximate surface area is 152 Å². The fourth-order valence-electron chi connectivity index (χ4n) is 2.37. The lowest BCUT2D eigenvalue weighted by molar-refractivity contribution is -0.120. The van der Waals surface area contributed by atoms with Gasteiger partial charge in [0.05, 0.1) is 18.3 Å². The number of rotatable bonds is 5. The summed E-state index contributed by atoms with van der Waals surface area (Å²) in [5.74, 6) is 1.37. The smallest absolute Gasteiger partial charge is 0.298 e. The van der Waals surface area contributed by atoms with Gasteiger partial charge in [-0.3, -0.25) is 4.79 Å². The highest BCUT2D eigenvalue weighted by Gasteiger charge is 2.24. The molecular formula is C19H20N2O3S. The van der Waals surface area contributed by atoms with Crippen LogP contribution in [0.1, 0.15) is 12.8 Å². The van der Waals surface area contributed by atoms with Crippen LogP contribution in [0.5, 0.6) is 11.5 Å². The van der Waals surface area contributed by atoms with Crippen LogP contribution in [0.2, 0.25) is 0 Å². The molecule has 1 aliphatic rings. The topological polar surface area (TPSA) is 73.9 Å². The third-order valence-electron chi connectivity index (χ3n) is 3.85. The average Bonchev–Trinajstić information content (AvgIpc) is 2.62. The summed E-state index contributed by atoms with van der Waals surface area (Å²) in [5.41, 5.74) is 7.62. The van der Waals surface area contributed by atoms with Gasteiger partial charge in [-0.05, 0) is 60.5 Å². The van der Waals surface area contributed by atoms with E-state index >= 15 is 0 Å². The summed E-state index contributed by atoms with van der Waals surface area (Å²) in [6.07, 6.45) is 1.98. The molecule has 1 aliphatic carbocycles. The highest BCUT2D eigenvalue weighted by Crippen LogP contribution is 2.24. The fourth-order valence-corrected chi connectivity index (χ4v) is 2.52. The van der Waals surface area contributed by atoms with E-state index in [2.05, 4.69) is 22.4 Å². The standard InChI is InChI=1S/C14H12O3.C5H8N2S/c1-16-13-6-2-11(3-7-13)12-4-8-14(9-5-12)17-10-15;6-4-1-5(2-4)7-3-8/h2-10H,1H3;4-5H,1-2,6H2. The second kappa shape index (κ2) is 9.69. The molecule has 0 atom stereocenters. The van der Waals surface area contributed by atoms with Crippen LogP contribution >= 0.6 is 12.2 Å². The number of thiocarbonyl (C=S) groups is 1. The van der Waals surface area contributed by atoms with Crippen LogP contribution < -0.4 is 15.2 Å². The second-order valence-electron chi connectivity index (χ2n) is 5.57. The maximum absolute atomic E-state index is 10.2. The Bertz CT molecular complexity index is 719. The quantitative estimate of drug-likeness (QED) is 0.504. The molecule has 0 heterocycles. The molecule has 2 N–H and O–H groups in total. The SMILES string of the molecule is COc1ccc(-c2ccc(OC=O)cc2)cc1.NC1CC(N=C=S)C1. The van der Waals surface area contributed by atoms with E-state index in [1.807, 2.05) is 36.4 Å². The number of carbonyl (C=O) groups excluding carboxylic acids is 1. The van der Waals surface area contributed by atoms with E-state index in [-0.39, 0.29) is 0 Å². The zero-order valence-corrected chi connectivity index (χ0v) is 14.7. The first-order chi connectivity index (χ1) is 12.2. The normalized spacial score (nSPS) is 17.8. The molecule has 2 aromatic carbocycles. The van der Waals surface area contributed by atoms with Gasteiger partial charge in [-0.1, -0.05) is 24.3 Å². The molecule has 0 saturated heterocycles. The first-order valence-electron chi connectivity index (χ1n) is 7.83. The number of hydrogen-bond donors (Lipinski definition) is 1. The first kappa shape index (κ1) is 18.8. The number of hydrogen-bond acceptors (Lipinski definition) is 6. The second-order valence-corrected chi connectivity index (χ2v) is 5.76. The minimum absolute atomic E-state index is 0.368. The number of benzene rings is 2. The van der Waals surface area contributed by atoms with Crippen LogP contribution in [0.3, 0.4) is 0 Å². The summed E-state index contributed by atoms with van der Waals surface area (Å²) in [6.45, 7) is 0.419. The molecule has 25 heavy (non-hydrogen) atoms. The molecule has 5 nitrogen and oxygen atoms in total. The predicted octanol–water partition coefficient (Wildman–Crippen LogP) is 3.48.